The molecule has 5 rings (SSSR count). The van der Waals surface area contributed by atoms with Gasteiger partial charge < -0.3 is 20.0 Å². The molecule has 1 aromatic carbocycles. The molecule has 8 nitrogen and oxygen atoms in total. The van der Waals surface area contributed by atoms with E-state index in [-0.39, 0.29) is 5.91 Å². The van der Waals surface area contributed by atoms with Gasteiger partial charge >= 0.3 is 0 Å². The molecule has 0 bridgehead atoms. The van der Waals surface area contributed by atoms with Crippen molar-refractivity contribution >= 4 is 28.7 Å². The molecule has 3 aromatic rings. The van der Waals surface area contributed by atoms with Gasteiger partial charge in [-0.05, 0) is 43.2 Å². The first kappa shape index (κ1) is 22.2. The van der Waals surface area contributed by atoms with Gasteiger partial charge in [-0.25, -0.2) is 13.9 Å². The Kier molecular flexibility index (Phi) is 6.08. The molecule has 0 saturated carbocycles. The maximum Gasteiger partial charge on any atom is 0.261 e. The van der Waals surface area contributed by atoms with Crippen LogP contribution in [0.4, 0.5) is 21.6 Å². The molecule has 4 heterocycles. The molecule has 178 valence electrons. The molecule has 9 heteroatoms. The molecule has 1 unspecified atom stereocenters. The SMILES string of the molecule is C=C(CC)N1CCN(c2ccc(NC(=O)c3cnn4ccc(N5CCC(F)C5)nc34)cc2)CC1. The lowest BCUT2D eigenvalue weighted by molar-refractivity contribution is 0.102. The molecule has 2 aliphatic heterocycles. The van der Waals surface area contributed by atoms with Gasteiger partial charge in [0.2, 0.25) is 0 Å². The lowest BCUT2D eigenvalue weighted by Gasteiger charge is -2.38. The predicted octanol–water partition coefficient (Wildman–Crippen LogP) is 3.58. The number of hydrogen-bond acceptors (Lipinski definition) is 6. The van der Waals surface area contributed by atoms with Crippen LogP contribution in [0.15, 0.2) is 55.0 Å². The van der Waals surface area contributed by atoms with Crippen molar-refractivity contribution in [2.75, 3.05) is 54.4 Å². The summed E-state index contributed by atoms with van der Waals surface area (Å²) in [6.07, 6.45) is 3.91. The van der Waals surface area contributed by atoms with Crippen molar-refractivity contribution in [1.82, 2.24) is 19.5 Å². The number of alkyl halides is 1. The van der Waals surface area contributed by atoms with Crippen LogP contribution >= 0.6 is 0 Å². The van der Waals surface area contributed by atoms with Crippen LogP contribution in [0.3, 0.4) is 0 Å². The van der Waals surface area contributed by atoms with Crippen molar-refractivity contribution in [2.45, 2.75) is 25.9 Å². The van der Waals surface area contributed by atoms with Crippen molar-refractivity contribution in [1.29, 1.82) is 0 Å². The van der Waals surface area contributed by atoms with Gasteiger partial charge in [0.25, 0.3) is 5.91 Å². The largest absolute Gasteiger partial charge is 0.372 e. The Morgan fingerprint density at radius 1 is 1.12 bits per heavy atom. The number of aromatic nitrogens is 3. The number of benzene rings is 1. The average Bonchev–Trinajstić information content (AvgIpc) is 3.50. The van der Waals surface area contributed by atoms with Crippen LogP contribution in [-0.4, -0.2) is 70.8 Å². The average molecular weight is 464 g/mol. The Labute approximate surface area is 198 Å². The second kappa shape index (κ2) is 9.32. The lowest BCUT2D eigenvalue weighted by atomic mass is 10.2. The van der Waals surface area contributed by atoms with Crippen molar-refractivity contribution in [2.24, 2.45) is 0 Å². The fourth-order valence-electron chi connectivity index (χ4n) is 4.58. The van der Waals surface area contributed by atoms with Gasteiger partial charge in [-0.1, -0.05) is 13.5 Å². The minimum Gasteiger partial charge on any atom is -0.372 e. The highest BCUT2D eigenvalue weighted by Crippen LogP contribution is 2.23. The minimum absolute atomic E-state index is 0.274. The zero-order valence-electron chi connectivity index (χ0n) is 19.5. The fourth-order valence-corrected chi connectivity index (χ4v) is 4.58. The quantitative estimate of drug-likeness (QED) is 0.603. The van der Waals surface area contributed by atoms with E-state index in [1.807, 2.05) is 29.2 Å². The van der Waals surface area contributed by atoms with Gasteiger partial charge in [0.1, 0.15) is 17.6 Å². The summed E-state index contributed by atoms with van der Waals surface area (Å²) in [5.41, 5.74) is 3.88. The number of allylic oxidation sites excluding steroid dienone is 1. The number of halogens is 1. The molecule has 0 radical (unpaired) electrons. The molecule has 1 atom stereocenters. The third-order valence-corrected chi connectivity index (χ3v) is 6.68. The minimum atomic E-state index is -0.839. The van der Waals surface area contributed by atoms with Gasteiger partial charge in [0.15, 0.2) is 5.65 Å². The highest BCUT2D eigenvalue weighted by atomic mass is 19.1. The maximum atomic E-state index is 13.6. The summed E-state index contributed by atoms with van der Waals surface area (Å²) in [6.45, 7) is 11.1. The van der Waals surface area contributed by atoms with E-state index in [1.54, 1.807) is 16.8 Å². The maximum absolute atomic E-state index is 13.6. The van der Waals surface area contributed by atoms with Gasteiger partial charge in [-0.15, -0.1) is 0 Å². The predicted molar refractivity (Wildman–Crippen MR) is 132 cm³/mol. The first-order valence-corrected chi connectivity index (χ1v) is 11.8. The first-order valence-electron chi connectivity index (χ1n) is 11.8. The van der Waals surface area contributed by atoms with Crippen LogP contribution in [0.5, 0.6) is 0 Å². The molecule has 2 saturated heterocycles. The van der Waals surface area contributed by atoms with E-state index in [0.29, 0.717) is 42.2 Å². The molecule has 34 heavy (non-hydrogen) atoms. The topological polar surface area (TPSA) is 69.0 Å². The third-order valence-electron chi connectivity index (χ3n) is 6.68. The smallest absolute Gasteiger partial charge is 0.261 e. The number of carbonyl (C=O) groups excluding carboxylic acids is 1. The summed E-state index contributed by atoms with van der Waals surface area (Å²) in [6, 6.07) is 9.71. The molecule has 2 aromatic heterocycles. The van der Waals surface area contributed by atoms with Gasteiger partial charge in [-0.2, -0.15) is 5.10 Å². The standard InChI is InChI=1S/C25H30FN7O/c1-3-18(2)30-12-14-31(15-13-30)21-6-4-20(5-7-21)28-25(34)22-16-27-33-11-9-23(29-24(22)33)32-10-8-19(26)17-32/h4-7,9,11,16,19H,2-3,8,10,12-15,17H2,1H3,(H,28,34). The Balaban J connectivity index is 1.25. The zero-order chi connectivity index (χ0) is 23.7. The van der Waals surface area contributed by atoms with Crippen molar-refractivity contribution < 1.29 is 9.18 Å². The number of rotatable bonds is 6. The Morgan fingerprint density at radius 2 is 1.88 bits per heavy atom. The molecule has 2 aliphatic rings. The summed E-state index contributed by atoms with van der Waals surface area (Å²) >= 11 is 0. The molecular formula is C25H30FN7O. The summed E-state index contributed by atoms with van der Waals surface area (Å²) in [5.74, 6) is 0.387. The lowest BCUT2D eigenvalue weighted by Crippen LogP contribution is -2.45. The number of nitrogens with zero attached hydrogens (tertiary/aromatic N) is 6. The van der Waals surface area contributed by atoms with Crippen LogP contribution in [0.2, 0.25) is 0 Å². The van der Waals surface area contributed by atoms with E-state index >= 15 is 0 Å². The number of carbonyl (C=O) groups is 1. The molecule has 0 aliphatic carbocycles. The second-order valence-electron chi connectivity index (χ2n) is 8.84. The number of anilines is 3. The van der Waals surface area contributed by atoms with Gasteiger partial charge in [0.05, 0.1) is 12.7 Å². The zero-order valence-corrected chi connectivity index (χ0v) is 19.5. The second-order valence-corrected chi connectivity index (χ2v) is 8.84. The van der Waals surface area contributed by atoms with Gasteiger partial charge in [0, 0.05) is 56.0 Å². The first-order chi connectivity index (χ1) is 16.5. The molecule has 0 spiro atoms. The Hall–Kier alpha value is -3.62. The van der Waals surface area contributed by atoms with Crippen LogP contribution in [-0.2, 0) is 0 Å². The van der Waals surface area contributed by atoms with E-state index in [0.717, 1.165) is 38.3 Å². The molecular weight excluding hydrogens is 433 g/mol. The Morgan fingerprint density at radius 3 is 2.56 bits per heavy atom. The normalized spacial score (nSPS) is 18.5. The van der Waals surface area contributed by atoms with E-state index in [9.17, 15) is 9.18 Å². The number of amides is 1. The van der Waals surface area contributed by atoms with Crippen molar-refractivity contribution in [3.8, 4) is 0 Å². The summed E-state index contributed by atoms with van der Waals surface area (Å²) in [4.78, 5) is 24.2. The van der Waals surface area contributed by atoms with E-state index in [2.05, 4.69) is 38.7 Å². The van der Waals surface area contributed by atoms with Crippen molar-refractivity contribution in [3.63, 3.8) is 0 Å². The summed E-state index contributed by atoms with van der Waals surface area (Å²) < 4.78 is 15.2. The van der Waals surface area contributed by atoms with E-state index in [1.165, 1.54) is 11.9 Å². The molecule has 2 fully saturated rings. The van der Waals surface area contributed by atoms with Gasteiger partial charge in [-0.3, -0.25) is 4.79 Å². The van der Waals surface area contributed by atoms with Crippen LogP contribution in [0.25, 0.3) is 5.65 Å². The Bertz CT molecular complexity index is 1180. The molecule has 1 N–H and O–H groups in total. The van der Waals surface area contributed by atoms with Crippen LogP contribution < -0.4 is 15.1 Å². The summed E-state index contributed by atoms with van der Waals surface area (Å²) in [5, 5.41) is 7.20. The number of hydrogen-bond donors (Lipinski definition) is 1. The number of piperazine rings is 1. The molecule has 1 amide bonds. The highest BCUT2D eigenvalue weighted by Gasteiger charge is 2.24. The van der Waals surface area contributed by atoms with Crippen LogP contribution in [0.1, 0.15) is 30.1 Å². The van der Waals surface area contributed by atoms with Crippen LogP contribution in [0, 0.1) is 0 Å². The van der Waals surface area contributed by atoms with E-state index in [4.69, 9.17) is 0 Å². The number of nitrogens with one attached hydrogen (secondary N) is 1. The van der Waals surface area contributed by atoms with Crippen molar-refractivity contribution in [3.05, 3.63) is 60.6 Å². The highest BCUT2D eigenvalue weighted by molar-refractivity contribution is 6.08. The monoisotopic (exact) mass is 463 g/mol. The van der Waals surface area contributed by atoms with E-state index < -0.39 is 6.17 Å². The fraction of sp³-hybridized carbons (Fsp3) is 0.400. The number of fused-ring (bicyclic) bond motifs is 1. The summed E-state index contributed by atoms with van der Waals surface area (Å²) in [7, 11) is 0. The third kappa shape index (κ3) is 4.42.